The minimum absolute atomic E-state index is 0.102. The predicted octanol–water partition coefficient (Wildman–Crippen LogP) is 3.01. The number of rotatable bonds is 7. The van der Waals surface area contributed by atoms with Crippen LogP contribution in [0.2, 0.25) is 0 Å². The van der Waals surface area contributed by atoms with Crippen molar-refractivity contribution in [2.45, 2.75) is 19.5 Å². The summed E-state index contributed by atoms with van der Waals surface area (Å²) >= 11 is 0. The molecule has 0 spiro atoms. The average molecular weight is 319 g/mol. The Morgan fingerprint density at radius 1 is 1.21 bits per heavy atom. The average Bonchev–Trinajstić information content (AvgIpc) is 2.65. The maximum absolute atomic E-state index is 11.2. The van der Waals surface area contributed by atoms with E-state index in [0.29, 0.717) is 17.6 Å². The summed E-state index contributed by atoms with van der Waals surface area (Å²) in [6, 6.07) is 17.7. The van der Waals surface area contributed by atoms with E-state index in [1.54, 1.807) is 6.20 Å². The van der Waals surface area contributed by atoms with Crippen LogP contribution in [-0.2, 0) is 11.2 Å². The third-order valence-corrected chi connectivity index (χ3v) is 3.82. The van der Waals surface area contributed by atoms with E-state index in [1.807, 2.05) is 62.5 Å². The summed E-state index contributed by atoms with van der Waals surface area (Å²) in [5.41, 5.74) is 4.30. The van der Waals surface area contributed by atoms with E-state index in [9.17, 15) is 10.1 Å². The Balaban J connectivity index is 2.14. The van der Waals surface area contributed by atoms with Crippen LogP contribution in [0.4, 0.5) is 0 Å². The third kappa shape index (κ3) is 4.55. The fourth-order valence-electron chi connectivity index (χ4n) is 2.31. The summed E-state index contributed by atoms with van der Waals surface area (Å²) in [5, 5.41) is 15.4. The van der Waals surface area contributed by atoms with Gasteiger partial charge in [-0.15, -0.1) is 0 Å². The molecule has 0 saturated carbocycles. The van der Waals surface area contributed by atoms with Gasteiger partial charge >= 0.3 is 0 Å². The lowest BCUT2D eigenvalue weighted by Gasteiger charge is -2.11. The van der Waals surface area contributed by atoms with Crippen molar-refractivity contribution in [3.63, 3.8) is 0 Å². The smallest absolute Gasteiger partial charge is 0.147 e. The number of nitrogens with one attached hydrogen (secondary N) is 2. The molecule has 4 heteroatoms. The number of hydrogen-bond donors (Lipinski definition) is 2. The van der Waals surface area contributed by atoms with Crippen molar-refractivity contribution in [3.8, 4) is 17.2 Å². The first kappa shape index (κ1) is 17.5. The maximum atomic E-state index is 11.2. The quantitative estimate of drug-likeness (QED) is 0.468. The minimum Gasteiger partial charge on any atom is -0.376 e. The standard InChI is InChI=1S/C20H21N3O/c1-15(22-2)23-13-17(14-24)11-16-7-9-18(10-8-16)20-6-4-3-5-19(20)12-21/h3-10,13-15,22-23H,11H2,1-2H3/b17-13-. The Morgan fingerprint density at radius 3 is 2.54 bits per heavy atom. The van der Waals surface area contributed by atoms with Gasteiger partial charge in [-0.1, -0.05) is 42.5 Å². The van der Waals surface area contributed by atoms with Crippen molar-refractivity contribution in [1.29, 1.82) is 5.26 Å². The number of nitrogens with zero attached hydrogens (tertiary/aromatic N) is 1. The zero-order valence-electron chi connectivity index (χ0n) is 13.9. The van der Waals surface area contributed by atoms with Crippen molar-refractivity contribution >= 4 is 6.29 Å². The molecular formula is C20H21N3O. The lowest BCUT2D eigenvalue weighted by atomic mass is 9.98. The van der Waals surface area contributed by atoms with Crippen LogP contribution in [0.25, 0.3) is 11.1 Å². The molecule has 2 N–H and O–H groups in total. The Morgan fingerprint density at radius 2 is 1.92 bits per heavy atom. The summed E-state index contributed by atoms with van der Waals surface area (Å²) in [6.07, 6.45) is 3.28. The Kier molecular flexibility index (Phi) is 6.30. The van der Waals surface area contributed by atoms with Gasteiger partial charge in [0.1, 0.15) is 6.29 Å². The van der Waals surface area contributed by atoms with Gasteiger partial charge in [0.05, 0.1) is 17.8 Å². The normalized spacial score (nSPS) is 12.3. The largest absolute Gasteiger partial charge is 0.376 e. The van der Waals surface area contributed by atoms with Crippen molar-refractivity contribution in [1.82, 2.24) is 10.6 Å². The molecule has 4 nitrogen and oxygen atoms in total. The topological polar surface area (TPSA) is 64.9 Å². The number of hydrogen-bond acceptors (Lipinski definition) is 4. The summed E-state index contributed by atoms with van der Waals surface area (Å²) < 4.78 is 0. The molecule has 2 rings (SSSR count). The summed E-state index contributed by atoms with van der Waals surface area (Å²) in [4.78, 5) is 11.2. The number of aldehydes is 1. The molecule has 0 heterocycles. The van der Waals surface area contributed by atoms with Gasteiger partial charge in [0, 0.05) is 18.2 Å². The molecule has 2 aromatic rings. The molecule has 24 heavy (non-hydrogen) atoms. The highest BCUT2D eigenvalue weighted by Crippen LogP contribution is 2.23. The van der Waals surface area contributed by atoms with E-state index in [4.69, 9.17) is 0 Å². The van der Waals surface area contributed by atoms with E-state index < -0.39 is 0 Å². The Labute approximate surface area is 142 Å². The zero-order valence-corrected chi connectivity index (χ0v) is 13.9. The molecule has 0 aromatic heterocycles. The van der Waals surface area contributed by atoms with Gasteiger partial charge in [-0.3, -0.25) is 4.79 Å². The Bertz CT molecular complexity index is 757. The van der Waals surface area contributed by atoms with E-state index in [-0.39, 0.29) is 6.17 Å². The number of benzene rings is 2. The van der Waals surface area contributed by atoms with E-state index >= 15 is 0 Å². The van der Waals surface area contributed by atoms with Gasteiger partial charge in [-0.2, -0.15) is 5.26 Å². The second kappa shape index (κ2) is 8.66. The second-order valence-corrected chi connectivity index (χ2v) is 5.55. The van der Waals surface area contributed by atoms with Gasteiger partial charge in [-0.05, 0) is 36.7 Å². The molecule has 0 radical (unpaired) electrons. The SMILES string of the molecule is CNC(C)N/C=C(\C=O)Cc1ccc(-c2ccccc2C#N)cc1. The van der Waals surface area contributed by atoms with E-state index in [2.05, 4.69) is 16.7 Å². The first-order valence-electron chi connectivity index (χ1n) is 7.84. The number of allylic oxidation sites excluding steroid dienone is 1. The van der Waals surface area contributed by atoms with Gasteiger partial charge in [0.25, 0.3) is 0 Å². The molecule has 1 unspecified atom stereocenters. The summed E-state index contributed by atoms with van der Waals surface area (Å²) in [5.74, 6) is 0. The van der Waals surface area contributed by atoms with Gasteiger partial charge in [-0.25, -0.2) is 0 Å². The van der Waals surface area contributed by atoms with Crippen molar-refractivity contribution in [2.75, 3.05) is 7.05 Å². The fourth-order valence-corrected chi connectivity index (χ4v) is 2.31. The van der Waals surface area contributed by atoms with Crippen molar-refractivity contribution < 1.29 is 4.79 Å². The first-order chi connectivity index (χ1) is 11.7. The molecule has 0 aliphatic rings. The molecule has 0 saturated heterocycles. The predicted molar refractivity (Wildman–Crippen MR) is 96.1 cm³/mol. The van der Waals surface area contributed by atoms with Crippen molar-refractivity contribution in [2.24, 2.45) is 0 Å². The molecular weight excluding hydrogens is 298 g/mol. The monoisotopic (exact) mass is 319 g/mol. The number of nitriles is 1. The molecule has 0 aliphatic heterocycles. The fraction of sp³-hybridized carbons (Fsp3) is 0.200. The van der Waals surface area contributed by atoms with Crippen LogP contribution >= 0.6 is 0 Å². The lowest BCUT2D eigenvalue weighted by Crippen LogP contribution is -2.34. The first-order valence-corrected chi connectivity index (χ1v) is 7.84. The van der Waals surface area contributed by atoms with Crippen LogP contribution in [0.1, 0.15) is 18.1 Å². The highest BCUT2D eigenvalue weighted by Gasteiger charge is 2.05. The maximum Gasteiger partial charge on any atom is 0.147 e. The number of carbonyl (C=O) groups is 1. The second-order valence-electron chi connectivity index (χ2n) is 5.55. The molecule has 1 atom stereocenters. The highest BCUT2D eigenvalue weighted by atomic mass is 16.1. The molecule has 0 fully saturated rings. The third-order valence-electron chi connectivity index (χ3n) is 3.82. The van der Waals surface area contributed by atoms with Crippen molar-refractivity contribution in [3.05, 3.63) is 71.4 Å². The van der Waals surface area contributed by atoms with Crippen LogP contribution in [0, 0.1) is 11.3 Å². The minimum atomic E-state index is 0.102. The van der Waals surface area contributed by atoms with Gasteiger partial charge < -0.3 is 10.6 Å². The van der Waals surface area contributed by atoms with Crippen LogP contribution in [0.5, 0.6) is 0 Å². The lowest BCUT2D eigenvalue weighted by molar-refractivity contribution is -0.105. The zero-order chi connectivity index (χ0) is 17.4. The van der Waals surface area contributed by atoms with Gasteiger partial charge in [0.2, 0.25) is 0 Å². The van der Waals surface area contributed by atoms with Crippen LogP contribution in [0.3, 0.4) is 0 Å². The van der Waals surface area contributed by atoms with E-state index in [0.717, 1.165) is 23.0 Å². The van der Waals surface area contributed by atoms with Crippen LogP contribution < -0.4 is 10.6 Å². The molecule has 0 amide bonds. The molecule has 2 aromatic carbocycles. The Hall–Kier alpha value is -2.90. The molecule has 0 aliphatic carbocycles. The highest BCUT2D eigenvalue weighted by molar-refractivity contribution is 5.74. The van der Waals surface area contributed by atoms with Gasteiger partial charge in [0.15, 0.2) is 0 Å². The summed E-state index contributed by atoms with van der Waals surface area (Å²) in [6.45, 7) is 1.97. The van der Waals surface area contributed by atoms with Crippen LogP contribution in [0.15, 0.2) is 60.3 Å². The summed E-state index contributed by atoms with van der Waals surface area (Å²) in [7, 11) is 1.85. The number of carbonyl (C=O) groups excluding carboxylic acids is 1. The molecule has 122 valence electrons. The van der Waals surface area contributed by atoms with E-state index in [1.165, 1.54) is 0 Å². The van der Waals surface area contributed by atoms with Crippen LogP contribution in [-0.4, -0.2) is 19.5 Å². The molecule has 0 bridgehead atoms.